The van der Waals surface area contributed by atoms with Gasteiger partial charge in [0.1, 0.15) is 0 Å². The van der Waals surface area contributed by atoms with Gasteiger partial charge in [-0.25, -0.2) is 14.2 Å². The molecule has 0 spiro atoms. The number of aromatic nitrogens is 2. The Morgan fingerprint density at radius 3 is 2.89 bits per heavy atom. The molecule has 0 fully saturated rings. The Bertz CT molecular complexity index is 1290. The molecule has 6 nitrogen and oxygen atoms in total. The third-order valence-electron chi connectivity index (χ3n) is 3.80. The number of imidazole rings is 1. The van der Waals surface area contributed by atoms with Gasteiger partial charge in [-0.15, -0.1) is 0 Å². The van der Waals surface area contributed by atoms with Crippen LogP contribution in [0.3, 0.4) is 0 Å². The van der Waals surface area contributed by atoms with Crippen LogP contribution in [0.5, 0.6) is 5.75 Å². The van der Waals surface area contributed by atoms with Gasteiger partial charge in [-0.2, -0.15) is 0 Å². The summed E-state index contributed by atoms with van der Waals surface area (Å²) in [6, 6.07) is 10.8. The molecule has 0 bridgehead atoms. The van der Waals surface area contributed by atoms with E-state index in [1.54, 1.807) is 22.6 Å². The summed E-state index contributed by atoms with van der Waals surface area (Å²) in [5.74, 6) is -0.857. The average molecular weight is 466 g/mol. The standard InChI is InChI=1S/C18H10BrClN2O4S/c19-10-5-9(6-11(20)16(10)26-8-15(23)24)7-14-17(25)22-13-4-2-1-3-12(13)21-18(22)27-14/h1-7H,8H2,(H,23,24)/b14-7-. The van der Waals surface area contributed by atoms with Crippen LogP contribution in [0.2, 0.25) is 5.02 Å². The fraction of sp³-hybridized carbons (Fsp3) is 0.0556. The number of benzene rings is 2. The van der Waals surface area contributed by atoms with E-state index in [1.165, 1.54) is 11.3 Å². The highest BCUT2D eigenvalue weighted by atomic mass is 79.9. The molecule has 136 valence electrons. The van der Waals surface area contributed by atoms with E-state index in [0.29, 0.717) is 19.5 Å². The summed E-state index contributed by atoms with van der Waals surface area (Å²) in [7, 11) is 0. The van der Waals surface area contributed by atoms with Gasteiger partial charge in [0, 0.05) is 0 Å². The van der Waals surface area contributed by atoms with E-state index < -0.39 is 12.6 Å². The Morgan fingerprint density at radius 2 is 2.15 bits per heavy atom. The second-order valence-electron chi connectivity index (χ2n) is 5.63. The third kappa shape index (κ3) is 3.31. The Balaban J connectivity index is 1.81. The number of nitrogens with zero attached hydrogens (tertiary/aromatic N) is 2. The van der Waals surface area contributed by atoms with Gasteiger partial charge in [-0.3, -0.25) is 4.79 Å². The zero-order chi connectivity index (χ0) is 19.1. The van der Waals surface area contributed by atoms with Crippen LogP contribution in [0, 0.1) is 0 Å². The first-order valence-electron chi connectivity index (χ1n) is 7.69. The monoisotopic (exact) mass is 464 g/mol. The molecule has 27 heavy (non-hydrogen) atoms. The first-order valence-corrected chi connectivity index (χ1v) is 9.68. The lowest BCUT2D eigenvalue weighted by atomic mass is 10.2. The zero-order valence-electron chi connectivity index (χ0n) is 13.5. The fourth-order valence-electron chi connectivity index (χ4n) is 2.70. The summed E-state index contributed by atoms with van der Waals surface area (Å²) in [5, 5.41) is 8.98. The van der Waals surface area contributed by atoms with Crippen molar-refractivity contribution in [3.63, 3.8) is 0 Å². The van der Waals surface area contributed by atoms with Crippen molar-refractivity contribution in [2.45, 2.75) is 0 Å². The molecule has 4 rings (SSSR count). The molecule has 2 aromatic heterocycles. The van der Waals surface area contributed by atoms with Gasteiger partial charge in [-0.05, 0) is 51.8 Å². The van der Waals surface area contributed by atoms with Crippen molar-refractivity contribution in [1.29, 1.82) is 0 Å². The van der Waals surface area contributed by atoms with Gasteiger partial charge in [0.25, 0.3) is 5.56 Å². The van der Waals surface area contributed by atoms with E-state index in [4.69, 9.17) is 21.4 Å². The third-order valence-corrected chi connectivity index (χ3v) is 5.64. The lowest BCUT2D eigenvalue weighted by molar-refractivity contribution is -0.139. The smallest absolute Gasteiger partial charge is 0.341 e. The molecule has 0 atom stereocenters. The maximum Gasteiger partial charge on any atom is 0.341 e. The highest BCUT2D eigenvalue weighted by Gasteiger charge is 2.13. The molecule has 0 radical (unpaired) electrons. The second-order valence-corrected chi connectivity index (χ2v) is 7.90. The van der Waals surface area contributed by atoms with Crippen LogP contribution in [0.4, 0.5) is 0 Å². The lowest BCUT2D eigenvalue weighted by Gasteiger charge is -2.09. The molecule has 0 saturated heterocycles. The van der Waals surface area contributed by atoms with Crippen LogP contribution in [0.25, 0.3) is 22.1 Å². The summed E-state index contributed by atoms with van der Waals surface area (Å²) >= 11 is 10.8. The molecule has 1 N–H and O–H groups in total. The van der Waals surface area contributed by atoms with Crippen LogP contribution in [-0.4, -0.2) is 27.1 Å². The number of rotatable bonds is 4. The predicted molar refractivity (Wildman–Crippen MR) is 108 cm³/mol. The predicted octanol–water partition coefficient (Wildman–Crippen LogP) is 3.34. The van der Waals surface area contributed by atoms with Gasteiger partial charge < -0.3 is 9.84 Å². The van der Waals surface area contributed by atoms with Gasteiger partial charge in [0.15, 0.2) is 17.3 Å². The lowest BCUT2D eigenvalue weighted by Crippen LogP contribution is -2.22. The first-order chi connectivity index (χ1) is 12.9. The molecule has 2 heterocycles. The molecular formula is C18H10BrClN2O4S. The van der Waals surface area contributed by atoms with Crippen LogP contribution in [0.15, 0.2) is 45.7 Å². The van der Waals surface area contributed by atoms with Crippen molar-refractivity contribution in [1.82, 2.24) is 9.38 Å². The Hall–Kier alpha value is -2.42. The van der Waals surface area contributed by atoms with Crippen molar-refractivity contribution >= 4 is 66.9 Å². The molecule has 4 aromatic rings. The summed E-state index contributed by atoms with van der Waals surface area (Å²) in [6.45, 7) is -0.499. The van der Waals surface area contributed by atoms with E-state index in [-0.39, 0.29) is 16.3 Å². The van der Waals surface area contributed by atoms with Crippen molar-refractivity contribution < 1.29 is 14.6 Å². The zero-order valence-corrected chi connectivity index (χ0v) is 16.6. The van der Waals surface area contributed by atoms with Crippen molar-refractivity contribution in [2.75, 3.05) is 6.61 Å². The van der Waals surface area contributed by atoms with E-state index in [2.05, 4.69) is 20.9 Å². The largest absolute Gasteiger partial charge is 0.479 e. The Labute approximate surface area is 169 Å². The number of ether oxygens (including phenoxy) is 1. The number of halogens is 2. The fourth-order valence-corrected chi connectivity index (χ4v) is 4.67. The van der Waals surface area contributed by atoms with Crippen LogP contribution >= 0.6 is 38.9 Å². The molecule has 0 aliphatic heterocycles. The number of hydrogen-bond acceptors (Lipinski definition) is 5. The maximum atomic E-state index is 12.8. The van der Waals surface area contributed by atoms with Gasteiger partial charge in [0.2, 0.25) is 0 Å². The summed E-state index contributed by atoms with van der Waals surface area (Å²) in [6.07, 6.45) is 1.72. The van der Waals surface area contributed by atoms with Crippen LogP contribution < -0.4 is 14.8 Å². The quantitative estimate of drug-likeness (QED) is 0.500. The molecule has 0 amide bonds. The van der Waals surface area contributed by atoms with E-state index in [0.717, 1.165) is 11.0 Å². The summed E-state index contributed by atoms with van der Waals surface area (Å²) in [5.41, 5.74) is 2.07. The number of carbonyl (C=O) groups is 1. The molecule has 2 aromatic carbocycles. The number of fused-ring (bicyclic) bond motifs is 3. The molecule has 0 unspecified atom stereocenters. The minimum atomic E-state index is -1.10. The highest BCUT2D eigenvalue weighted by Crippen LogP contribution is 2.34. The summed E-state index contributed by atoms with van der Waals surface area (Å²) < 4.78 is 7.79. The molecular weight excluding hydrogens is 456 g/mol. The normalized spacial score (nSPS) is 12.1. The minimum Gasteiger partial charge on any atom is -0.479 e. The molecule has 0 saturated carbocycles. The minimum absolute atomic E-state index is 0.151. The number of thiazole rings is 1. The van der Waals surface area contributed by atoms with E-state index in [9.17, 15) is 9.59 Å². The topological polar surface area (TPSA) is 80.9 Å². The van der Waals surface area contributed by atoms with Gasteiger partial charge >= 0.3 is 5.97 Å². The number of aliphatic carboxylic acids is 1. The second kappa shape index (κ2) is 6.95. The average Bonchev–Trinajstić information content (AvgIpc) is 3.11. The molecule has 9 heteroatoms. The first kappa shape index (κ1) is 18.0. The SMILES string of the molecule is O=C(O)COc1c(Cl)cc(/C=c2\sc3nc4ccccc4n3c2=O)cc1Br. The number of carboxylic acid groups (broad SMARTS) is 1. The molecule has 0 aliphatic rings. The number of hydrogen-bond donors (Lipinski definition) is 1. The maximum absolute atomic E-state index is 12.8. The summed E-state index contributed by atoms with van der Waals surface area (Å²) in [4.78, 5) is 28.6. The van der Waals surface area contributed by atoms with Gasteiger partial charge in [-0.1, -0.05) is 35.1 Å². The number of para-hydroxylation sites is 2. The number of carboxylic acids is 1. The molecule has 0 aliphatic carbocycles. The van der Waals surface area contributed by atoms with Crippen LogP contribution in [-0.2, 0) is 4.79 Å². The van der Waals surface area contributed by atoms with Gasteiger partial charge in [0.05, 0.1) is 25.1 Å². The van der Waals surface area contributed by atoms with Crippen molar-refractivity contribution in [3.05, 3.63) is 66.3 Å². The Morgan fingerprint density at radius 1 is 1.37 bits per heavy atom. The Kier molecular flexibility index (Phi) is 4.63. The van der Waals surface area contributed by atoms with Crippen molar-refractivity contribution in [2.24, 2.45) is 0 Å². The highest BCUT2D eigenvalue weighted by molar-refractivity contribution is 9.10. The van der Waals surface area contributed by atoms with E-state index in [1.807, 2.05) is 24.3 Å². The van der Waals surface area contributed by atoms with E-state index >= 15 is 0 Å². The van der Waals surface area contributed by atoms with Crippen LogP contribution in [0.1, 0.15) is 5.56 Å². The van der Waals surface area contributed by atoms with Crippen molar-refractivity contribution in [3.8, 4) is 5.75 Å².